The van der Waals surface area contributed by atoms with E-state index in [0.717, 1.165) is 0 Å². The number of esters is 1. The van der Waals surface area contributed by atoms with Crippen LogP contribution in [-0.2, 0) is 14.2 Å². The summed E-state index contributed by atoms with van der Waals surface area (Å²) in [6.45, 7) is 18.8. The van der Waals surface area contributed by atoms with Crippen LogP contribution in [0, 0.1) is 11.8 Å². The Morgan fingerprint density at radius 1 is 0.784 bits per heavy atom. The number of carbonyl (C=O) groups is 4. The van der Waals surface area contributed by atoms with Crippen molar-refractivity contribution in [3.05, 3.63) is 36.2 Å². The molecule has 1 unspecified atom stereocenters. The fourth-order valence-corrected chi connectivity index (χ4v) is 5.90. The van der Waals surface area contributed by atoms with Crippen molar-refractivity contribution in [3.63, 3.8) is 0 Å². The van der Waals surface area contributed by atoms with Gasteiger partial charge in [0, 0.05) is 63.2 Å². The van der Waals surface area contributed by atoms with E-state index in [1.165, 1.54) is 25.7 Å². The summed E-state index contributed by atoms with van der Waals surface area (Å²) in [6.07, 6.45) is 5.94. The van der Waals surface area contributed by atoms with Gasteiger partial charge in [-0.1, -0.05) is 0 Å². The summed E-state index contributed by atoms with van der Waals surface area (Å²) in [5, 5.41) is 9.06. The van der Waals surface area contributed by atoms with Crippen molar-refractivity contribution < 1.29 is 38.5 Å². The Morgan fingerprint density at radius 2 is 1.27 bits per heavy atom. The van der Waals surface area contributed by atoms with Crippen molar-refractivity contribution in [1.82, 2.24) is 29.7 Å². The van der Waals surface area contributed by atoms with E-state index in [-0.39, 0.29) is 35.3 Å². The van der Waals surface area contributed by atoms with Crippen LogP contribution in [0.15, 0.2) is 24.8 Å². The van der Waals surface area contributed by atoms with Gasteiger partial charge < -0.3 is 38.9 Å². The number of anilines is 2. The molecule has 0 spiro atoms. The van der Waals surface area contributed by atoms with E-state index in [0.29, 0.717) is 63.7 Å². The smallest absolute Gasteiger partial charge is 0.410 e. The molecule has 280 valence electrons. The molecule has 2 aliphatic rings. The number of carboxylic acid groups (broad SMARTS) is 1. The Hall–Kier alpha value is -4.76. The first-order valence-corrected chi connectivity index (χ1v) is 17.3. The number of carboxylic acids is 1. The zero-order valence-electron chi connectivity index (χ0n) is 31.2. The van der Waals surface area contributed by atoms with Crippen molar-refractivity contribution in [2.45, 2.75) is 91.5 Å². The van der Waals surface area contributed by atoms with Crippen molar-refractivity contribution in [2.24, 2.45) is 11.8 Å². The molecule has 2 aliphatic heterocycles. The second-order valence-corrected chi connectivity index (χ2v) is 15.3. The summed E-state index contributed by atoms with van der Waals surface area (Å²) in [7, 11) is 1.29. The third kappa shape index (κ3) is 10.6. The van der Waals surface area contributed by atoms with Crippen molar-refractivity contribution in [1.29, 1.82) is 0 Å². The zero-order valence-corrected chi connectivity index (χ0v) is 31.2. The number of hydrogen-bond acceptors (Lipinski definition) is 13. The number of amides is 2. The molecule has 0 aliphatic carbocycles. The van der Waals surface area contributed by atoms with Crippen LogP contribution in [0.5, 0.6) is 0 Å². The molecule has 2 fully saturated rings. The maximum atomic E-state index is 13.5. The minimum Gasteiger partial charge on any atom is -0.476 e. The SMILES string of the molecule is COC(=O)c1cnc(N2CC(CN(C(=O)OC(C)(C)C)C(C)CCC(C)(C)OC(=O)N(CC3CN(c4cnc(C(=O)O)cn4)C3)C(C)C)C2)cn1. The third-order valence-electron chi connectivity index (χ3n) is 8.91. The molecule has 2 aromatic heterocycles. The number of aromatic carboxylic acids is 1. The van der Waals surface area contributed by atoms with Gasteiger partial charge in [0.2, 0.25) is 0 Å². The van der Waals surface area contributed by atoms with Crippen molar-refractivity contribution >= 4 is 35.8 Å². The number of carbonyl (C=O) groups excluding carboxylic acids is 3. The first-order chi connectivity index (χ1) is 23.9. The van der Waals surface area contributed by atoms with E-state index < -0.39 is 35.3 Å². The molecule has 4 heterocycles. The molecular formula is C35H52N8O8. The van der Waals surface area contributed by atoms with Gasteiger partial charge in [-0.2, -0.15) is 0 Å². The monoisotopic (exact) mass is 712 g/mol. The number of nitrogens with zero attached hydrogens (tertiary/aromatic N) is 8. The van der Waals surface area contributed by atoms with Crippen LogP contribution in [0.1, 0.15) is 89.2 Å². The maximum absolute atomic E-state index is 13.5. The number of methoxy groups -OCH3 is 1. The molecule has 16 heteroatoms. The van der Waals surface area contributed by atoms with Crippen molar-refractivity contribution in [3.8, 4) is 0 Å². The van der Waals surface area contributed by atoms with E-state index in [2.05, 4.69) is 19.9 Å². The Balaban J connectivity index is 1.29. The average Bonchev–Trinajstić information content (AvgIpc) is 3.01. The minimum atomic E-state index is -1.13. The van der Waals surface area contributed by atoms with Crippen LogP contribution < -0.4 is 9.80 Å². The highest BCUT2D eigenvalue weighted by atomic mass is 16.6. The molecule has 0 saturated carbocycles. The molecule has 0 radical (unpaired) electrons. The van der Waals surface area contributed by atoms with Crippen LogP contribution in [0.25, 0.3) is 0 Å². The largest absolute Gasteiger partial charge is 0.476 e. The maximum Gasteiger partial charge on any atom is 0.410 e. The molecule has 1 N–H and O–H groups in total. The molecule has 2 amide bonds. The number of aromatic nitrogens is 4. The summed E-state index contributed by atoms with van der Waals surface area (Å²) in [4.78, 5) is 73.8. The van der Waals surface area contributed by atoms with Gasteiger partial charge in [0.05, 0.1) is 31.9 Å². The van der Waals surface area contributed by atoms with Crippen LogP contribution in [-0.4, -0.2) is 129 Å². The van der Waals surface area contributed by atoms with Crippen LogP contribution in [0.2, 0.25) is 0 Å². The number of ether oxygens (including phenoxy) is 3. The lowest BCUT2D eigenvalue weighted by atomic mass is 9.96. The summed E-state index contributed by atoms with van der Waals surface area (Å²) in [6, 6.07) is -0.279. The van der Waals surface area contributed by atoms with Crippen LogP contribution in [0.3, 0.4) is 0 Å². The quantitative estimate of drug-likeness (QED) is 0.216. The lowest BCUT2D eigenvalue weighted by Crippen LogP contribution is -2.55. The standard InChI is InChI=1S/C35H52N8O8/c1-22(2)42(20-24-16-40(17-24)28-14-36-26(12-38-28)30(44)45)32(47)51-35(7,8)11-10-23(3)43(33(48)50-34(4,5)6)21-25-18-41(19-25)29-15-37-27(13-39-29)31(46)49-9/h12-15,22-25H,10-11,16-21H2,1-9H3,(H,44,45). The predicted molar refractivity (Wildman–Crippen MR) is 188 cm³/mol. The van der Waals surface area contributed by atoms with E-state index in [9.17, 15) is 19.2 Å². The van der Waals surface area contributed by atoms with E-state index in [1.807, 2.05) is 65.2 Å². The summed E-state index contributed by atoms with van der Waals surface area (Å²) in [5.74, 6) is -0.0630. The molecular weight excluding hydrogens is 660 g/mol. The molecule has 51 heavy (non-hydrogen) atoms. The van der Waals surface area contributed by atoms with Gasteiger partial charge >= 0.3 is 24.1 Å². The normalized spacial score (nSPS) is 15.8. The third-order valence-corrected chi connectivity index (χ3v) is 8.91. The number of hydrogen-bond donors (Lipinski definition) is 1. The molecule has 0 bridgehead atoms. The predicted octanol–water partition coefficient (Wildman–Crippen LogP) is 4.36. The Morgan fingerprint density at radius 3 is 1.71 bits per heavy atom. The summed E-state index contributed by atoms with van der Waals surface area (Å²) in [5.41, 5.74) is -1.43. The molecule has 2 aromatic rings. The summed E-state index contributed by atoms with van der Waals surface area (Å²) >= 11 is 0. The first-order valence-electron chi connectivity index (χ1n) is 17.3. The van der Waals surface area contributed by atoms with E-state index in [1.54, 1.807) is 16.0 Å². The second kappa shape index (κ2) is 16.1. The highest BCUT2D eigenvalue weighted by Gasteiger charge is 2.37. The van der Waals surface area contributed by atoms with Gasteiger partial charge in [0.25, 0.3) is 0 Å². The van der Waals surface area contributed by atoms with Gasteiger partial charge in [-0.3, -0.25) is 0 Å². The molecule has 1 atom stereocenters. The highest BCUT2D eigenvalue weighted by Crippen LogP contribution is 2.28. The van der Waals surface area contributed by atoms with Crippen molar-refractivity contribution in [2.75, 3.05) is 56.2 Å². The topological polar surface area (TPSA) is 181 Å². The molecule has 2 saturated heterocycles. The lowest BCUT2D eigenvalue weighted by Gasteiger charge is -2.44. The molecule has 16 nitrogen and oxygen atoms in total. The van der Waals surface area contributed by atoms with Gasteiger partial charge in [0.15, 0.2) is 11.4 Å². The Labute approximate surface area is 299 Å². The van der Waals surface area contributed by atoms with Crippen LogP contribution >= 0.6 is 0 Å². The summed E-state index contributed by atoms with van der Waals surface area (Å²) < 4.78 is 16.5. The fraction of sp³-hybridized carbons (Fsp3) is 0.657. The minimum absolute atomic E-state index is 0.0858. The van der Waals surface area contributed by atoms with Gasteiger partial charge in [0.1, 0.15) is 22.8 Å². The van der Waals surface area contributed by atoms with E-state index >= 15 is 0 Å². The molecule has 0 aromatic carbocycles. The Bertz CT molecular complexity index is 1520. The highest BCUT2D eigenvalue weighted by molar-refractivity contribution is 5.86. The fourth-order valence-electron chi connectivity index (χ4n) is 5.90. The Kier molecular flexibility index (Phi) is 12.3. The number of rotatable bonds is 14. The second-order valence-electron chi connectivity index (χ2n) is 15.3. The van der Waals surface area contributed by atoms with E-state index in [4.69, 9.17) is 19.3 Å². The zero-order chi connectivity index (χ0) is 37.7. The van der Waals surface area contributed by atoms with Gasteiger partial charge in [-0.15, -0.1) is 0 Å². The van der Waals surface area contributed by atoms with Crippen LogP contribution in [0.4, 0.5) is 21.2 Å². The molecule has 4 rings (SSSR count). The van der Waals surface area contributed by atoms with Gasteiger partial charge in [-0.05, 0) is 68.2 Å². The lowest BCUT2D eigenvalue weighted by molar-refractivity contribution is -0.0109. The first kappa shape index (κ1) is 39.0. The van der Waals surface area contributed by atoms with Gasteiger partial charge in [-0.25, -0.2) is 39.1 Å². The average molecular weight is 713 g/mol.